The summed E-state index contributed by atoms with van der Waals surface area (Å²) >= 11 is 0. The highest BCUT2D eigenvalue weighted by molar-refractivity contribution is 5.93. The normalized spacial score (nSPS) is 14.3. The Morgan fingerprint density at radius 2 is 1.85 bits per heavy atom. The number of amides is 1. The minimum Gasteiger partial charge on any atom is -0.326 e. The quantitative estimate of drug-likeness (QED) is 0.666. The van der Waals surface area contributed by atoms with E-state index in [4.69, 9.17) is 0 Å². The van der Waals surface area contributed by atoms with Gasteiger partial charge in [0.1, 0.15) is 0 Å². The molecule has 0 saturated carbocycles. The third kappa shape index (κ3) is 4.25. The molecule has 3 heteroatoms. The van der Waals surface area contributed by atoms with Gasteiger partial charge in [-0.1, -0.05) is 48.5 Å². The van der Waals surface area contributed by atoms with Crippen LogP contribution in [0.5, 0.6) is 0 Å². The van der Waals surface area contributed by atoms with Gasteiger partial charge in [0.25, 0.3) is 0 Å². The number of nitrogens with zero attached hydrogens (tertiary/aromatic N) is 1. The molecule has 1 amide bonds. The Morgan fingerprint density at radius 1 is 0.963 bits per heavy atom. The lowest BCUT2D eigenvalue weighted by Gasteiger charge is -2.22. The lowest BCUT2D eigenvalue weighted by molar-refractivity contribution is -0.116. The smallest absolute Gasteiger partial charge is 0.224 e. The summed E-state index contributed by atoms with van der Waals surface area (Å²) in [6, 6.07) is 21.3. The SMILES string of the molecule is O=C1CCc2cc(C(CCCc3ccccc3)c3cccnc3)ccc2N1. The standard InChI is InChI=1S/C24H24N2O/c27-24-14-12-20-16-19(11-13-23(20)26-24)22(21-9-5-15-25-17-21)10-4-8-18-6-2-1-3-7-18/h1-3,5-7,9,11,13,15-17,22H,4,8,10,12,14H2,(H,26,27). The number of hydrogen-bond acceptors (Lipinski definition) is 2. The number of aromatic nitrogens is 1. The van der Waals surface area contributed by atoms with Crippen molar-refractivity contribution in [1.29, 1.82) is 0 Å². The second kappa shape index (κ2) is 8.17. The number of carbonyl (C=O) groups is 1. The van der Waals surface area contributed by atoms with Gasteiger partial charge in [0.15, 0.2) is 0 Å². The molecule has 2 aromatic carbocycles. The van der Waals surface area contributed by atoms with Gasteiger partial charge in [-0.2, -0.15) is 0 Å². The van der Waals surface area contributed by atoms with E-state index in [9.17, 15) is 4.79 Å². The van der Waals surface area contributed by atoms with E-state index >= 15 is 0 Å². The van der Waals surface area contributed by atoms with Crippen molar-refractivity contribution in [3.05, 3.63) is 95.3 Å². The van der Waals surface area contributed by atoms with Crippen molar-refractivity contribution >= 4 is 11.6 Å². The van der Waals surface area contributed by atoms with Gasteiger partial charge >= 0.3 is 0 Å². The maximum absolute atomic E-state index is 11.6. The Labute approximate surface area is 160 Å². The lowest BCUT2D eigenvalue weighted by Crippen LogP contribution is -2.19. The van der Waals surface area contributed by atoms with Gasteiger partial charge in [-0.3, -0.25) is 9.78 Å². The summed E-state index contributed by atoms with van der Waals surface area (Å²) in [6.07, 6.45) is 8.48. The highest BCUT2D eigenvalue weighted by Crippen LogP contribution is 2.33. The molecular weight excluding hydrogens is 332 g/mol. The molecule has 0 saturated heterocycles. The van der Waals surface area contributed by atoms with Crippen LogP contribution < -0.4 is 5.32 Å². The van der Waals surface area contributed by atoms with E-state index in [1.54, 1.807) is 0 Å². The molecule has 136 valence electrons. The second-order valence-electron chi connectivity index (χ2n) is 7.18. The second-order valence-corrected chi connectivity index (χ2v) is 7.18. The zero-order valence-electron chi connectivity index (χ0n) is 15.4. The van der Waals surface area contributed by atoms with Crippen LogP contribution in [0.25, 0.3) is 0 Å². The van der Waals surface area contributed by atoms with E-state index in [-0.39, 0.29) is 5.91 Å². The number of hydrogen-bond donors (Lipinski definition) is 1. The fourth-order valence-corrected chi connectivity index (χ4v) is 3.88. The van der Waals surface area contributed by atoms with Crippen LogP contribution in [0, 0.1) is 0 Å². The molecule has 3 aromatic rings. The van der Waals surface area contributed by atoms with Crippen LogP contribution in [-0.2, 0) is 17.6 Å². The summed E-state index contributed by atoms with van der Waals surface area (Å²) in [4.78, 5) is 16.0. The molecule has 1 atom stereocenters. The molecule has 3 nitrogen and oxygen atoms in total. The molecule has 1 aromatic heterocycles. The largest absolute Gasteiger partial charge is 0.326 e. The summed E-state index contributed by atoms with van der Waals surface area (Å²) in [6.45, 7) is 0. The van der Waals surface area contributed by atoms with Crippen LogP contribution >= 0.6 is 0 Å². The number of carbonyl (C=O) groups excluding carboxylic acids is 1. The summed E-state index contributed by atoms with van der Waals surface area (Å²) in [5.41, 5.74) is 6.15. The molecule has 0 radical (unpaired) electrons. The van der Waals surface area contributed by atoms with E-state index < -0.39 is 0 Å². The highest BCUT2D eigenvalue weighted by atomic mass is 16.1. The molecule has 4 rings (SSSR count). The maximum Gasteiger partial charge on any atom is 0.224 e. The first-order valence-electron chi connectivity index (χ1n) is 9.66. The summed E-state index contributed by atoms with van der Waals surface area (Å²) in [5, 5.41) is 2.98. The predicted octanol–water partition coefficient (Wildman–Crippen LogP) is 5.12. The van der Waals surface area contributed by atoms with Crippen LogP contribution in [0.1, 0.15) is 47.4 Å². The summed E-state index contributed by atoms with van der Waals surface area (Å²) in [5.74, 6) is 0.437. The maximum atomic E-state index is 11.6. The number of anilines is 1. The number of benzene rings is 2. The van der Waals surface area contributed by atoms with Gasteiger partial charge in [-0.15, -0.1) is 0 Å². The molecule has 1 unspecified atom stereocenters. The first-order valence-corrected chi connectivity index (χ1v) is 9.66. The van der Waals surface area contributed by atoms with Gasteiger partial charge in [-0.25, -0.2) is 0 Å². The Morgan fingerprint density at radius 3 is 2.67 bits per heavy atom. The van der Waals surface area contributed by atoms with E-state index in [0.717, 1.165) is 31.4 Å². The highest BCUT2D eigenvalue weighted by Gasteiger charge is 2.19. The Kier molecular flexibility index (Phi) is 5.29. The first kappa shape index (κ1) is 17.5. The Hall–Kier alpha value is -2.94. The molecule has 0 aliphatic carbocycles. The molecule has 0 bridgehead atoms. The third-order valence-electron chi connectivity index (χ3n) is 5.32. The Balaban J connectivity index is 1.56. The van der Waals surface area contributed by atoms with Crippen LogP contribution in [0.4, 0.5) is 5.69 Å². The van der Waals surface area contributed by atoms with E-state index in [1.165, 1.54) is 22.3 Å². The van der Waals surface area contributed by atoms with Crippen molar-refractivity contribution in [2.24, 2.45) is 0 Å². The van der Waals surface area contributed by atoms with Gasteiger partial charge in [-0.05, 0) is 60.1 Å². The lowest BCUT2D eigenvalue weighted by atomic mass is 9.85. The number of fused-ring (bicyclic) bond motifs is 1. The monoisotopic (exact) mass is 356 g/mol. The predicted molar refractivity (Wildman–Crippen MR) is 109 cm³/mol. The molecule has 27 heavy (non-hydrogen) atoms. The van der Waals surface area contributed by atoms with Crippen LogP contribution in [-0.4, -0.2) is 10.9 Å². The molecule has 1 aliphatic heterocycles. The number of rotatable bonds is 6. The third-order valence-corrected chi connectivity index (χ3v) is 5.32. The topological polar surface area (TPSA) is 42.0 Å². The first-order chi connectivity index (χ1) is 13.3. The molecule has 0 spiro atoms. The molecule has 0 fully saturated rings. The van der Waals surface area contributed by atoms with Crippen molar-refractivity contribution in [2.75, 3.05) is 5.32 Å². The van der Waals surface area contributed by atoms with Crippen molar-refractivity contribution in [3.63, 3.8) is 0 Å². The molecule has 1 N–H and O–H groups in total. The summed E-state index contributed by atoms with van der Waals surface area (Å²) < 4.78 is 0. The number of aryl methyl sites for hydroxylation is 2. The average Bonchev–Trinajstić information content (AvgIpc) is 2.72. The van der Waals surface area contributed by atoms with Gasteiger partial charge in [0, 0.05) is 30.4 Å². The van der Waals surface area contributed by atoms with Gasteiger partial charge in [0.05, 0.1) is 0 Å². The van der Waals surface area contributed by atoms with Crippen molar-refractivity contribution in [3.8, 4) is 0 Å². The molecule has 2 heterocycles. The molecular formula is C24H24N2O. The minimum absolute atomic E-state index is 0.113. The van der Waals surface area contributed by atoms with Gasteiger partial charge < -0.3 is 5.32 Å². The number of nitrogens with one attached hydrogen (secondary N) is 1. The van der Waals surface area contributed by atoms with Crippen molar-refractivity contribution < 1.29 is 4.79 Å². The fourth-order valence-electron chi connectivity index (χ4n) is 3.88. The zero-order valence-corrected chi connectivity index (χ0v) is 15.4. The Bertz CT molecular complexity index is 906. The number of pyridine rings is 1. The fraction of sp³-hybridized carbons (Fsp3) is 0.250. The average molecular weight is 356 g/mol. The minimum atomic E-state index is 0.113. The van der Waals surface area contributed by atoms with Gasteiger partial charge in [0.2, 0.25) is 5.91 Å². The van der Waals surface area contributed by atoms with Crippen LogP contribution in [0.3, 0.4) is 0 Å². The summed E-state index contributed by atoms with van der Waals surface area (Å²) in [7, 11) is 0. The van der Waals surface area contributed by atoms with Crippen LogP contribution in [0.15, 0.2) is 73.1 Å². The molecule has 1 aliphatic rings. The van der Waals surface area contributed by atoms with E-state index in [2.05, 4.69) is 64.9 Å². The van der Waals surface area contributed by atoms with Crippen molar-refractivity contribution in [1.82, 2.24) is 4.98 Å². The van der Waals surface area contributed by atoms with E-state index in [0.29, 0.717) is 12.3 Å². The van der Waals surface area contributed by atoms with Crippen molar-refractivity contribution in [2.45, 2.75) is 38.0 Å². The van der Waals surface area contributed by atoms with E-state index in [1.807, 2.05) is 18.5 Å². The zero-order chi connectivity index (χ0) is 18.5. The van der Waals surface area contributed by atoms with Crippen LogP contribution in [0.2, 0.25) is 0 Å².